The molecule has 0 fully saturated rings. The summed E-state index contributed by atoms with van der Waals surface area (Å²) < 4.78 is 21.8. The van der Waals surface area contributed by atoms with Crippen LogP contribution >= 0.6 is 11.6 Å². The fourth-order valence-corrected chi connectivity index (χ4v) is 4.30. The summed E-state index contributed by atoms with van der Waals surface area (Å²) in [5.74, 6) is -2.02. The SMILES string of the molecule is CCOC(=O)C1=C(COCCN(C#N)CCOCc2ccccc2)NC=C(C(=O)OC)C1c1ccccc1Cl. The molecule has 0 spiro atoms. The summed E-state index contributed by atoms with van der Waals surface area (Å²) in [5.41, 5.74) is 2.47. The van der Waals surface area contributed by atoms with Gasteiger partial charge < -0.3 is 29.2 Å². The third kappa shape index (κ3) is 8.32. The second-order valence-corrected chi connectivity index (χ2v) is 8.89. The van der Waals surface area contributed by atoms with E-state index in [2.05, 4.69) is 11.5 Å². The van der Waals surface area contributed by atoms with Crippen LogP contribution in [0.5, 0.6) is 0 Å². The Morgan fingerprint density at radius 2 is 1.67 bits per heavy atom. The van der Waals surface area contributed by atoms with E-state index in [0.29, 0.717) is 42.6 Å². The van der Waals surface area contributed by atoms with Gasteiger partial charge in [0.05, 0.1) is 76.0 Å². The van der Waals surface area contributed by atoms with E-state index in [1.54, 1.807) is 36.1 Å². The first-order valence-electron chi connectivity index (χ1n) is 12.5. The maximum atomic E-state index is 13.1. The van der Waals surface area contributed by atoms with Gasteiger partial charge in [0.1, 0.15) is 0 Å². The van der Waals surface area contributed by atoms with Crippen LogP contribution in [0.2, 0.25) is 5.02 Å². The number of ether oxygens (including phenoxy) is 4. The molecule has 10 heteroatoms. The average Bonchev–Trinajstić information content (AvgIpc) is 2.96. The lowest BCUT2D eigenvalue weighted by atomic mass is 9.82. The first-order chi connectivity index (χ1) is 19.0. The number of hydrogen-bond acceptors (Lipinski definition) is 9. The molecule has 1 unspecified atom stereocenters. The quantitative estimate of drug-likeness (QED) is 0.161. The van der Waals surface area contributed by atoms with Crippen molar-refractivity contribution in [3.05, 3.63) is 93.8 Å². The first-order valence-corrected chi connectivity index (χ1v) is 12.9. The lowest BCUT2D eigenvalue weighted by molar-refractivity contribution is -0.139. The molecular weight excluding hydrogens is 522 g/mol. The van der Waals surface area contributed by atoms with Crippen molar-refractivity contribution in [3.63, 3.8) is 0 Å². The van der Waals surface area contributed by atoms with Crippen molar-refractivity contribution in [1.29, 1.82) is 5.26 Å². The van der Waals surface area contributed by atoms with Crippen molar-refractivity contribution < 1.29 is 28.5 Å². The molecule has 2 aromatic rings. The third-order valence-corrected chi connectivity index (χ3v) is 6.31. The van der Waals surface area contributed by atoms with E-state index in [9.17, 15) is 14.9 Å². The molecule has 3 rings (SSSR count). The van der Waals surface area contributed by atoms with Crippen molar-refractivity contribution in [1.82, 2.24) is 10.2 Å². The summed E-state index contributed by atoms with van der Waals surface area (Å²) in [6.45, 7) is 3.70. The van der Waals surface area contributed by atoms with E-state index in [-0.39, 0.29) is 31.0 Å². The predicted molar refractivity (Wildman–Crippen MR) is 145 cm³/mol. The van der Waals surface area contributed by atoms with E-state index in [0.717, 1.165) is 5.56 Å². The number of methoxy groups -OCH3 is 1. The van der Waals surface area contributed by atoms with Crippen LogP contribution in [0.4, 0.5) is 0 Å². The zero-order chi connectivity index (χ0) is 28.0. The van der Waals surface area contributed by atoms with Crippen LogP contribution in [0.3, 0.4) is 0 Å². The number of carbonyl (C=O) groups is 2. The summed E-state index contributed by atoms with van der Waals surface area (Å²) in [5, 5.41) is 12.9. The highest BCUT2D eigenvalue weighted by Gasteiger charge is 2.37. The van der Waals surface area contributed by atoms with Gasteiger partial charge in [-0.15, -0.1) is 0 Å². The zero-order valence-electron chi connectivity index (χ0n) is 22.0. The molecule has 39 heavy (non-hydrogen) atoms. The van der Waals surface area contributed by atoms with E-state index < -0.39 is 17.9 Å². The van der Waals surface area contributed by atoms with Crippen LogP contribution in [0.15, 0.2) is 77.6 Å². The molecule has 1 N–H and O–H groups in total. The van der Waals surface area contributed by atoms with Gasteiger partial charge in [-0.25, -0.2) is 9.59 Å². The smallest absolute Gasteiger partial charge is 0.336 e. The van der Waals surface area contributed by atoms with Crippen molar-refractivity contribution in [2.45, 2.75) is 19.4 Å². The molecule has 206 valence electrons. The zero-order valence-corrected chi connectivity index (χ0v) is 22.8. The molecule has 1 atom stereocenters. The maximum absolute atomic E-state index is 13.1. The Morgan fingerprint density at radius 3 is 2.31 bits per heavy atom. The van der Waals surface area contributed by atoms with E-state index >= 15 is 0 Å². The van der Waals surface area contributed by atoms with Gasteiger partial charge in [-0.1, -0.05) is 60.1 Å². The molecule has 0 bridgehead atoms. The Bertz CT molecular complexity index is 1230. The number of nitrogens with zero attached hydrogens (tertiary/aromatic N) is 2. The van der Waals surface area contributed by atoms with Gasteiger partial charge in [0.15, 0.2) is 6.19 Å². The van der Waals surface area contributed by atoms with Crippen LogP contribution in [0, 0.1) is 11.5 Å². The molecule has 0 aromatic heterocycles. The Balaban J connectivity index is 1.67. The minimum absolute atomic E-state index is 0.0177. The Labute approximate surface area is 233 Å². The number of carbonyl (C=O) groups excluding carboxylic acids is 2. The number of nitrogens with one attached hydrogen (secondary N) is 1. The molecule has 9 nitrogen and oxygen atoms in total. The van der Waals surface area contributed by atoms with Crippen molar-refractivity contribution in [2.24, 2.45) is 0 Å². The van der Waals surface area contributed by atoms with Gasteiger partial charge in [-0.3, -0.25) is 0 Å². The number of nitriles is 1. The molecule has 1 aliphatic heterocycles. The molecule has 1 heterocycles. The Morgan fingerprint density at radius 1 is 1.00 bits per heavy atom. The van der Waals surface area contributed by atoms with Gasteiger partial charge in [0.25, 0.3) is 0 Å². The Hall–Kier alpha value is -3.84. The average molecular weight is 554 g/mol. The topological polar surface area (TPSA) is 110 Å². The summed E-state index contributed by atoms with van der Waals surface area (Å²) in [6, 6.07) is 16.8. The second kappa shape index (κ2) is 15.5. The summed E-state index contributed by atoms with van der Waals surface area (Å²) in [7, 11) is 1.27. The van der Waals surface area contributed by atoms with Crippen molar-refractivity contribution in [3.8, 4) is 6.19 Å². The highest BCUT2D eigenvalue weighted by Crippen LogP contribution is 2.40. The standard InChI is InChI=1S/C29H32ClN3O6/c1-3-39-29(35)27-25(32-17-23(28(34)36-2)26(27)22-11-7-8-12-24(22)30)19-38-16-14-33(20-31)13-15-37-18-21-9-5-4-6-10-21/h4-12,17,26,32H,3,13-16,18-19H2,1-2H3. The van der Waals surface area contributed by atoms with Crippen LogP contribution in [-0.2, 0) is 35.1 Å². The van der Waals surface area contributed by atoms with Gasteiger partial charge >= 0.3 is 11.9 Å². The molecule has 0 saturated heterocycles. The molecule has 1 aliphatic rings. The summed E-state index contributed by atoms with van der Waals surface area (Å²) >= 11 is 6.48. The number of benzene rings is 2. The lowest BCUT2D eigenvalue weighted by Gasteiger charge is -2.29. The van der Waals surface area contributed by atoms with Gasteiger partial charge in [0.2, 0.25) is 0 Å². The molecule has 0 amide bonds. The molecular formula is C29H32ClN3O6. The predicted octanol–water partition coefficient (Wildman–Crippen LogP) is 3.92. The monoisotopic (exact) mass is 553 g/mol. The second-order valence-electron chi connectivity index (χ2n) is 8.48. The highest BCUT2D eigenvalue weighted by molar-refractivity contribution is 6.31. The Kier molecular flexibility index (Phi) is 11.8. The minimum atomic E-state index is -0.817. The number of dihydropyridines is 1. The van der Waals surface area contributed by atoms with Gasteiger partial charge in [-0.2, -0.15) is 5.26 Å². The fraction of sp³-hybridized carbons (Fsp3) is 0.345. The minimum Gasteiger partial charge on any atom is -0.466 e. The normalized spacial score (nSPS) is 14.6. The van der Waals surface area contributed by atoms with Crippen LogP contribution in [0.25, 0.3) is 0 Å². The van der Waals surface area contributed by atoms with Crippen molar-refractivity contribution in [2.75, 3.05) is 46.6 Å². The molecule has 0 aliphatic carbocycles. The van der Waals surface area contributed by atoms with E-state index in [1.165, 1.54) is 13.3 Å². The van der Waals surface area contributed by atoms with Crippen LogP contribution < -0.4 is 5.32 Å². The third-order valence-electron chi connectivity index (χ3n) is 5.97. The van der Waals surface area contributed by atoms with E-state index in [4.69, 9.17) is 30.5 Å². The molecule has 0 radical (unpaired) electrons. The molecule has 2 aromatic carbocycles. The maximum Gasteiger partial charge on any atom is 0.336 e. The fourth-order valence-electron chi connectivity index (χ4n) is 4.05. The summed E-state index contributed by atoms with van der Waals surface area (Å²) in [6.07, 6.45) is 3.63. The van der Waals surface area contributed by atoms with Crippen molar-refractivity contribution >= 4 is 23.5 Å². The largest absolute Gasteiger partial charge is 0.466 e. The number of esters is 2. The lowest BCUT2D eigenvalue weighted by Crippen LogP contribution is -2.33. The summed E-state index contributed by atoms with van der Waals surface area (Å²) in [4.78, 5) is 27.3. The number of hydrogen-bond donors (Lipinski definition) is 1. The van der Waals surface area contributed by atoms with Crippen LogP contribution in [-0.4, -0.2) is 63.5 Å². The van der Waals surface area contributed by atoms with Gasteiger partial charge in [-0.05, 0) is 24.1 Å². The number of rotatable bonds is 14. The molecule has 0 saturated carbocycles. The number of halogens is 1. The van der Waals surface area contributed by atoms with Gasteiger partial charge in [0, 0.05) is 11.2 Å². The highest BCUT2D eigenvalue weighted by atomic mass is 35.5. The van der Waals surface area contributed by atoms with Crippen LogP contribution in [0.1, 0.15) is 24.0 Å². The van der Waals surface area contributed by atoms with E-state index in [1.807, 2.05) is 30.3 Å². The first kappa shape index (κ1) is 29.7.